The molecule has 19 heavy (non-hydrogen) atoms. The molecule has 0 aromatic rings. The van der Waals surface area contributed by atoms with Crippen molar-refractivity contribution in [3.05, 3.63) is 11.6 Å². The minimum Gasteiger partial charge on any atom is -0.478 e. The van der Waals surface area contributed by atoms with Gasteiger partial charge in [-0.1, -0.05) is 0 Å². The number of carbonyl (C=O) groups is 1. The van der Waals surface area contributed by atoms with Crippen LogP contribution in [0.4, 0.5) is 0 Å². The molecule has 4 heteroatoms. The molecule has 1 N–H and O–H groups in total. The molecular formula is C15H20O4. The van der Waals surface area contributed by atoms with Crippen molar-refractivity contribution in [2.24, 2.45) is 17.3 Å². The average molecular weight is 264 g/mol. The highest BCUT2D eigenvalue weighted by Gasteiger charge is 2.76. The van der Waals surface area contributed by atoms with E-state index in [4.69, 9.17) is 14.6 Å². The molecule has 4 rings (SSSR count). The minimum atomic E-state index is -0.863. The molecule has 2 aliphatic carbocycles. The van der Waals surface area contributed by atoms with Crippen LogP contribution in [0.15, 0.2) is 11.6 Å². The Morgan fingerprint density at radius 2 is 2.26 bits per heavy atom. The molecule has 4 fully saturated rings. The number of carboxylic acid groups (broad SMARTS) is 1. The Morgan fingerprint density at radius 1 is 1.47 bits per heavy atom. The Balaban J connectivity index is 1.61. The van der Waals surface area contributed by atoms with Crippen LogP contribution in [0.5, 0.6) is 0 Å². The van der Waals surface area contributed by atoms with E-state index >= 15 is 0 Å². The van der Waals surface area contributed by atoms with Gasteiger partial charge in [0.1, 0.15) is 0 Å². The number of ether oxygens (including phenoxy) is 2. The molecule has 4 aliphatic rings. The maximum absolute atomic E-state index is 10.9. The Hall–Kier alpha value is -0.870. The summed E-state index contributed by atoms with van der Waals surface area (Å²) in [6.07, 6.45) is 6.16. The third-order valence-electron chi connectivity index (χ3n) is 6.10. The van der Waals surface area contributed by atoms with Gasteiger partial charge in [0.2, 0.25) is 0 Å². The Bertz CT molecular complexity index is 483. The zero-order valence-corrected chi connectivity index (χ0v) is 11.4. The van der Waals surface area contributed by atoms with Crippen molar-refractivity contribution in [1.29, 1.82) is 0 Å². The van der Waals surface area contributed by atoms with Crippen molar-refractivity contribution in [1.82, 2.24) is 0 Å². The molecule has 2 aliphatic heterocycles. The molecule has 2 saturated heterocycles. The first kappa shape index (κ1) is 11.9. The van der Waals surface area contributed by atoms with Crippen LogP contribution >= 0.6 is 0 Å². The summed E-state index contributed by atoms with van der Waals surface area (Å²) in [7, 11) is 0. The zero-order chi connectivity index (χ0) is 13.4. The van der Waals surface area contributed by atoms with E-state index in [1.165, 1.54) is 12.8 Å². The van der Waals surface area contributed by atoms with Crippen molar-refractivity contribution >= 4 is 5.97 Å². The van der Waals surface area contributed by atoms with Crippen LogP contribution in [0.1, 0.15) is 39.5 Å². The summed E-state index contributed by atoms with van der Waals surface area (Å²) < 4.78 is 12.2. The summed E-state index contributed by atoms with van der Waals surface area (Å²) >= 11 is 0. The quantitative estimate of drug-likeness (QED) is 0.778. The van der Waals surface area contributed by atoms with E-state index in [-0.39, 0.29) is 23.4 Å². The third kappa shape index (κ3) is 1.29. The second kappa shape index (κ2) is 3.41. The largest absolute Gasteiger partial charge is 0.478 e. The predicted octanol–water partition coefficient (Wildman–Crippen LogP) is 2.34. The van der Waals surface area contributed by atoms with Gasteiger partial charge in [0.05, 0.1) is 11.7 Å². The standard InChI is InChI=1S/C15H20O4/c1-8(12(16)17)5-10-7-15-9-3-4-14(2,11(15)6-9)19-13(15)18-10/h5,9-11,13H,3-4,6-7H2,1-2H3,(H,16,17)/b8-5+/t9-,10+,11-,13-,14+,15-/m0/s1. The Labute approximate surface area is 112 Å². The van der Waals surface area contributed by atoms with Crippen LogP contribution < -0.4 is 0 Å². The summed E-state index contributed by atoms with van der Waals surface area (Å²) in [4.78, 5) is 10.9. The Kier molecular flexibility index (Phi) is 2.14. The van der Waals surface area contributed by atoms with Crippen molar-refractivity contribution in [3.63, 3.8) is 0 Å². The summed E-state index contributed by atoms with van der Waals surface area (Å²) in [6, 6.07) is 0. The van der Waals surface area contributed by atoms with E-state index in [9.17, 15) is 4.79 Å². The van der Waals surface area contributed by atoms with E-state index < -0.39 is 5.97 Å². The molecule has 0 amide bonds. The minimum absolute atomic E-state index is 0.00986. The van der Waals surface area contributed by atoms with E-state index in [1.807, 2.05) is 0 Å². The lowest BCUT2D eigenvalue weighted by Crippen LogP contribution is -2.58. The van der Waals surface area contributed by atoms with Crippen molar-refractivity contribution in [2.45, 2.75) is 57.5 Å². The number of rotatable bonds is 2. The van der Waals surface area contributed by atoms with Crippen LogP contribution in [0.2, 0.25) is 0 Å². The maximum Gasteiger partial charge on any atom is 0.331 e. The van der Waals surface area contributed by atoms with E-state index in [0.717, 1.165) is 18.8 Å². The molecule has 104 valence electrons. The average Bonchev–Trinajstić information content (AvgIpc) is 2.72. The highest BCUT2D eigenvalue weighted by molar-refractivity contribution is 5.85. The smallest absolute Gasteiger partial charge is 0.331 e. The van der Waals surface area contributed by atoms with Crippen LogP contribution in [0.3, 0.4) is 0 Å². The summed E-state index contributed by atoms with van der Waals surface area (Å²) in [6.45, 7) is 3.86. The molecule has 0 aromatic carbocycles. The molecule has 1 spiro atoms. The van der Waals surface area contributed by atoms with Crippen LogP contribution in [0.25, 0.3) is 0 Å². The first-order valence-corrected chi connectivity index (χ1v) is 7.21. The summed E-state index contributed by atoms with van der Waals surface area (Å²) in [5.74, 6) is 0.478. The molecule has 4 bridgehead atoms. The molecule has 0 radical (unpaired) electrons. The second-order valence-electron chi connectivity index (χ2n) is 6.93. The van der Waals surface area contributed by atoms with Crippen molar-refractivity contribution in [2.75, 3.05) is 0 Å². The lowest BCUT2D eigenvalue weighted by molar-refractivity contribution is -0.165. The van der Waals surface area contributed by atoms with Gasteiger partial charge in [-0.15, -0.1) is 0 Å². The first-order chi connectivity index (χ1) is 8.95. The lowest BCUT2D eigenvalue weighted by atomic mass is 9.43. The molecule has 0 unspecified atom stereocenters. The summed E-state index contributed by atoms with van der Waals surface area (Å²) in [5.41, 5.74) is 0.566. The second-order valence-corrected chi connectivity index (χ2v) is 6.93. The van der Waals surface area contributed by atoms with Gasteiger partial charge in [-0.3, -0.25) is 0 Å². The normalized spacial score (nSPS) is 54.7. The number of hydrogen-bond acceptors (Lipinski definition) is 3. The highest BCUT2D eigenvalue weighted by atomic mass is 16.7. The SMILES string of the molecule is C/C(=C\[C@@H]1C[C@@]23[C@H]4CC[C@@](C)(O[C@@H]2O1)[C@@H]3C4)C(=O)O. The first-order valence-electron chi connectivity index (χ1n) is 7.21. The van der Waals surface area contributed by atoms with Crippen LogP contribution in [-0.4, -0.2) is 29.1 Å². The number of aliphatic carboxylic acids is 1. The topological polar surface area (TPSA) is 55.8 Å². The lowest BCUT2D eigenvalue weighted by Gasteiger charge is -2.58. The van der Waals surface area contributed by atoms with E-state index in [2.05, 4.69) is 6.92 Å². The zero-order valence-electron chi connectivity index (χ0n) is 11.4. The third-order valence-corrected chi connectivity index (χ3v) is 6.10. The van der Waals surface area contributed by atoms with E-state index in [0.29, 0.717) is 11.5 Å². The van der Waals surface area contributed by atoms with Crippen molar-refractivity contribution in [3.8, 4) is 0 Å². The van der Waals surface area contributed by atoms with Gasteiger partial charge in [0.15, 0.2) is 6.29 Å². The van der Waals surface area contributed by atoms with Crippen LogP contribution in [0, 0.1) is 17.3 Å². The number of hydrogen-bond donors (Lipinski definition) is 1. The van der Waals surface area contributed by atoms with Gasteiger partial charge in [-0.2, -0.15) is 0 Å². The fourth-order valence-electron chi connectivity index (χ4n) is 5.10. The number of carboxylic acids is 1. The highest BCUT2D eigenvalue weighted by Crippen LogP contribution is 2.74. The monoisotopic (exact) mass is 264 g/mol. The van der Waals surface area contributed by atoms with Gasteiger partial charge in [-0.05, 0) is 57.4 Å². The maximum atomic E-state index is 10.9. The molecule has 2 heterocycles. The van der Waals surface area contributed by atoms with Crippen LogP contribution in [-0.2, 0) is 14.3 Å². The molecule has 6 atom stereocenters. The summed E-state index contributed by atoms with van der Waals surface area (Å²) in [5, 5.41) is 8.97. The molecule has 0 aromatic heterocycles. The fourth-order valence-corrected chi connectivity index (χ4v) is 5.10. The van der Waals surface area contributed by atoms with Gasteiger partial charge >= 0.3 is 5.97 Å². The van der Waals surface area contributed by atoms with Gasteiger partial charge in [-0.25, -0.2) is 4.79 Å². The molecular weight excluding hydrogens is 244 g/mol. The Morgan fingerprint density at radius 3 is 2.95 bits per heavy atom. The molecule has 4 nitrogen and oxygen atoms in total. The fraction of sp³-hybridized carbons (Fsp3) is 0.800. The molecule has 2 saturated carbocycles. The van der Waals surface area contributed by atoms with Gasteiger partial charge < -0.3 is 14.6 Å². The predicted molar refractivity (Wildman–Crippen MR) is 67.4 cm³/mol. The van der Waals surface area contributed by atoms with Gasteiger partial charge in [0.25, 0.3) is 0 Å². The van der Waals surface area contributed by atoms with Gasteiger partial charge in [0, 0.05) is 11.0 Å². The van der Waals surface area contributed by atoms with Crippen molar-refractivity contribution < 1.29 is 19.4 Å². The van der Waals surface area contributed by atoms with E-state index in [1.54, 1.807) is 13.0 Å².